The summed E-state index contributed by atoms with van der Waals surface area (Å²) in [5.41, 5.74) is 0.972. The van der Waals surface area contributed by atoms with Crippen LogP contribution in [0.4, 0.5) is 4.79 Å². The van der Waals surface area contributed by atoms with E-state index in [0.29, 0.717) is 0 Å². The summed E-state index contributed by atoms with van der Waals surface area (Å²) in [6.45, 7) is 8.20. The van der Waals surface area contributed by atoms with Gasteiger partial charge in [-0.3, -0.25) is 0 Å². The maximum absolute atomic E-state index is 12.2. The van der Waals surface area contributed by atoms with E-state index in [1.807, 2.05) is 37.0 Å². The monoisotopic (exact) mass is 294 g/mol. The van der Waals surface area contributed by atoms with Crippen molar-refractivity contribution in [2.75, 3.05) is 19.6 Å². The van der Waals surface area contributed by atoms with Gasteiger partial charge in [0, 0.05) is 24.5 Å². The van der Waals surface area contributed by atoms with E-state index >= 15 is 0 Å². The highest BCUT2D eigenvalue weighted by Crippen LogP contribution is 2.40. The second-order valence-corrected chi connectivity index (χ2v) is 7.60. The first-order valence-electron chi connectivity index (χ1n) is 7.19. The molecule has 0 aliphatic carbocycles. The van der Waals surface area contributed by atoms with Gasteiger partial charge in [0.05, 0.1) is 5.54 Å². The first-order chi connectivity index (χ1) is 9.40. The molecule has 1 aromatic rings. The van der Waals surface area contributed by atoms with E-state index < -0.39 is 5.60 Å². The molecule has 3 rings (SSSR count). The Kier molecular flexibility index (Phi) is 3.29. The number of nitrogens with zero attached hydrogens (tertiary/aromatic N) is 1. The van der Waals surface area contributed by atoms with Crippen LogP contribution in [0, 0.1) is 0 Å². The molecule has 4 nitrogen and oxygen atoms in total. The van der Waals surface area contributed by atoms with Crippen LogP contribution in [0.15, 0.2) is 11.4 Å². The molecule has 1 saturated heterocycles. The third-order valence-corrected chi connectivity index (χ3v) is 5.12. The Morgan fingerprint density at radius 3 is 3.05 bits per heavy atom. The first-order valence-corrected chi connectivity index (χ1v) is 8.07. The molecule has 1 aromatic heterocycles. The number of amides is 1. The lowest BCUT2D eigenvalue weighted by Crippen LogP contribution is -2.49. The van der Waals surface area contributed by atoms with Crippen LogP contribution in [0.25, 0.3) is 0 Å². The van der Waals surface area contributed by atoms with E-state index in [1.165, 1.54) is 10.4 Å². The fraction of sp³-hybridized carbons (Fsp3) is 0.667. The van der Waals surface area contributed by atoms with Gasteiger partial charge in [-0.25, -0.2) is 4.79 Å². The Morgan fingerprint density at radius 2 is 2.30 bits per heavy atom. The Balaban J connectivity index is 1.76. The zero-order chi connectivity index (χ0) is 14.4. The molecule has 1 atom stereocenters. The summed E-state index contributed by atoms with van der Waals surface area (Å²) in [6, 6.07) is 2.22. The number of thiophene rings is 1. The molecule has 1 fully saturated rings. The van der Waals surface area contributed by atoms with E-state index in [-0.39, 0.29) is 11.6 Å². The van der Waals surface area contributed by atoms with Crippen LogP contribution < -0.4 is 5.32 Å². The SMILES string of the molecule is CC(C)(C)OC(=O)N1CC[C@@]2(C1)NCCc1ccsc12. The van der Waals surface area contributed by atoms with Crippen molar-refractivity contribution in [1.29, 1.82) is 0 Å². The predicted molar refractivity (Wildman–Crippen MR) is 80.1 cm³/mol. The van der Waals surface area contributed by atoms with Crippen molar-refractivity contribution in [3.8, 4) is 0 Å². The zero-order valence-electron chi connectivity index (χ0n) is 12.4. The van der Waals surface area contributed by atoms with Gasteiger partial charge in [0.25, 0.3) is 0 Å². The number of nitrogens with one attached hydrogen (secondary N) is 1. The van der Waals surface area contributed by atoms with Crippen LogP contribution in [-0.4, -0.2) is 36.2 Å². The molecule has 2 aliphatic heterocycles. The normalized spacial score (nSPS) is 25.9. The van der Waals surface area contributed by atoms with Gasteiger partial charge in [-0.05, 0) is 50.6 Å². The quantitative estimate of drug-likeness (QED) is 0.800. The minimum absolute atomic E-state index is 0.0430. The number of hydrogen-bond acceptors (Lipinski definition) is 4. The van der Waals surface area contributed by atoms with Crippen molar-refractivity contribution in [2.45, 2.75) is 44.8 Å². The standard InChI is InChI=1S/C15H22N2O2S/c1-14(2,3)19-13(18)17-8-6-15(10-17)12-11(4-7-16-15)5-9-20-12/h5,9,16H,4,6-8,10H2,1-3H3/t15-/m0/s1. The molecular weight excluding hydrogens is 272 g/mol. The first kappa shape index (κ1) is 13.9. The van der Waals surface area contributed by atoms with E-state index in [0.717, 1.165) is 32.5 Å². The van der Waals surface area contributed by atoms with Gasteiger partial charge in [-0.2, -0.15) is 0 Å². The molecule has 0 radical (unpaired) electrons. The molecule has 0 saturated carbocycles. The second-order valence-electron chi connectivity index (χ2n) is 6.69. The molecule has 3 heterocycles. The van der Waals surface area contributed by atoms with Crippen molar-refractivity contribution in [2.24, 2.45) is 0 Å². The fourth-order valence-electron chi connectivity index (χ4n) is 3.09. The smallest absolute Gasteiger partial charge is 0.410 e. The highest BCUT2D eigenvalue weighted by molar-refractivity contribution is 7.10. The predicted octanol–water partition coefficient (Wildman–Crippen LogP) is 2.73. The number of likely N-dealkylation sites (tertiary alicyclic amines) is 1. The van der Waals surface area contributed by atoms with E-state index in [2.05, 4.69) is 16.8 Å². The summed E-state index contributed by atoms with van der Waals surface area (Å²) in [4.78, 5) is 15.5. The summed E-state index contributed by atoms with van der Waals surface area (Å²) in [5.74, 6) is 0. The highest BCUT2D eigenvalue weighted by atomic mass is 32.1. The molecule has 2 aliphatic rings. The maximum atomic E-state index is 12.2. The molecule has 1 amide bonds. The van der Waals surface area contributed by atoms with Crippen molar-refractivity contribution in [1.82, 2.24) is 10.2 Å². The minimum Gasteiger partial charge on any atom is -0.444 e. The summed E-state index contributed by atoms with van der Waals surface area (Å²) in [7, 11) is 0. The molecule has 110 valence electrons. The van der Waals surface area contributed by atoms with Crippen molar-refractivity contribution in [3.63, 3.8) is 0 Å². The average Bonchev–Trinajstić information content (AvgIpc) is 2.95. The summed E-state index contributed by atoms with van der Waals surface area (Å²) in [6.07, 6.45) is 1.87. The van der Waals surface area contributed by atoms with Crippen LogP contribution in [0.2, 0.25) is 0 Å². The second kappa shape index (κ2) is 4.74. The summed E-state index contributed by atoms with van der Waals surface area (Å²) < 4.78 is 5.49. The molecule has 5 heteroatoms. The van der Waals surface area contributed by atoms with Gasteiger partial charge in [-0.15, -0.1) is 11.3 Å². The summed E-state index contributed by atoms with van der Waals surface area (Å²) in [5, 5.41) is 5.81. The number of carbonyl (C=O) groups is 1. The molecule has 0 unspecified atom stereocenters. The lowest BCUT2D eigenvalue weighted by atomic mass is 9.89. The number of carbonyl (C=O) groups excluding carboxylic acids is 1. The van der Waals surface area contributed by atoms with Gasteiger partial charge < -0.3 is 15.0 Å². The third-order valence-electron chi connectivity index (χ3n) is 3.96. The van der Waals surface area contributed by atoms with Crippen LogP contribution in [0.1, 0.15) is 37.6 Å². The Morgan fingerprint density at radius 1 is 1.50 bits per heavy atom. The number of hydrogen-bond donors (Lipinski definition) is 1. The Hall–Kier alpha value is -1.07. The Bertz CT molecular complexity index is 520. The lowest BCUT2D eigenvalue weighted by Gasteiger charge is -2.35. The van der Waals surface area contributed by atoms with Gasteiger partial charge in [0.1, 0.15) is 5.60 Å². The van der Waals surface area contributed by atoms with E-state index in [1.54, 1.807) is 0 Å². The average molecular weight is 294 g/mol. The number of fused-ring (bicyclic) bond motifs is 2. The van der Waals surface area contributed by atoms with Gasteiger partial charge >= 0.3 is 6.09 Å². The van der Waals surface area contributed by atoms with Gasteiger partial charge in [-0.1, -0.05) is 0 Å². The van der Waals surface area contributed by atoms with Crippen molar-refractivity contribution in [3.05, 3.63) is 21.9 Å². The molecule has 0 bridgehead atoms. The highest BCUT2D eigenvalue weighted by Gasteiger charge is 2.45. The van der Waals surface area contributed by atoms with E-state index in [4.69, 9.17) is 4.74 Å². The van der Waals surface area contributed by atoms with Crippen LogP contribution >= 0.6 is 11.3 Å². The lowest BCUT2D eigenvalue weighted by molar-refractivity contribution is 0.0279. The molecular formula is C15H22N2O2S. The summed E-state index contributed by atoms with van der Waals surface area (Å²) >= 11 is 1.81. The Labute approximate surface area is 124 Å². The largest absolute Gasteiger partial charge is 0.444 e. The fourth-order valence-corrected chi connectivity index (χ4v) is 4.25. The number of ether oxygens (including phenoxy) is 1. The molecule has 0 aromatic carbocycles. The van der Waals surface area contributed by atoms with Crippen LogP contribution in [-0.2, 0) is 16.7 Å². The topological polar surface area (TPSA) is 41.6 Å². The third kappa shape index (κ3) is 2.44. The van der Waals surface area contributed by atoms with Crippen molar-refractivity contribution < 1.29 is 9.53 Å². The molecule has 20 heavy (non-hydrogen) atoms. The molecule has 1 N–H and O–H groups in total. The minimum atomic E-state index is -0.430. The van der Waals surface area contributed by atoms with E-state index in [9.17, 15) is 4.79 Å². The van der Waals surface area contributed by atoms with Gasteiger partial charge in [0.15, 0.2) is 0 Å². The van der Waals surface area contributed by atoms with Gasteiger partial charge in [0.2, 0.25) is 0 Å². The maximum Gasteiger partial charge on any atom is 0.410 e. The van der Waals surface area contributed by atoms with Crippen LogP contribution in [0.3, 0.4) is 0 Å². The van der Waals surface area contributed by atoms with Crippen molar-refractivity contribution >= 4 is 17.4 Å². The number of rotatable bonds is 0. The zero-order valence-corrected chi connectivity index (χ0v) is 13.2. The van der Waals surface area contributed by atoms with Crippen LogP contribution in [0.5, 0.6) is 0 Å². The molecule has 1 spiro atoms.